The third-order valence-electron chi connectivity index (χ3n) is 7.39. The summed E-state index contributed by atoms with van der Waals surface area (Å²) in [5.74, 6) is -0.900. The summed E-state index contributed by atoms with van der Waals surface area (Å²) in [4.78, 5) is 0. The lowest BCUT2D eigenvalue weighted by Crippen LogP contribution is -2.45. The first kappa shape index (κ1) is 27.6. The Morgan fingerprint density at radius 1 is 0.875 bits per heavy atom. The van der Waals surface area contributed by atoms with Crippen LogP contribution in [0.25, 0.3) is 0 Å². The number of ether oxygens (including phenoxy) is 5. The summed E-state index contributed by atoms with van der Waals surface area (Å²) in [7, 11) is 0. The van der Waals surface area contributed by atoms with E-state index in [1.54, 1.807) is 0 Å². The summed E-state index contributed by atoms with van der Waals surface area (Å²) in [6.45, 7) is 5.53. The van der Waals surface area contributed by atoms with Gasteiger partial charge in [-0.15, -0.1) is 0 Å². The van der Waals surface area contributed by atoms with Gasteiger partial charge < -0.3 is 23.7 Å². The number of nitrogens with zero attached hydrogens (tertiary/aromatic N) is 2. The molecule has 204 valence electrons. The van der Waals surface area contributed by atoms with Crippen LogP contribution in [0.2, 0.25) is 0 Å². The van der Waals surface area contributed by atoms with Crippen molar-refractivity contribution in [3.05, 3.63) is 120 Å². The van der Waals surface area contributed by atoms with Crippen molar-refractivity contribution in [1.82, 2.24) is 0 Å². The Balaban J connectivity index is 1.55. The van der Waals surface area contributed by atoms with Crippen molar-refractivity contribution in [2.75, 3.05) is 13.2 Å². The smallest absolute Gasteiger partial charge is 0.173 e. The van der Waals surface area contributed by atoms with Crippen LogP contribution in [0.1, 0.15) is 37.5 Å². The molecule has 5 rings (SSSR count). The summed E-state index contributed by atoms with van der Waals surface area (Å²) in [5.41, 5.74) is 1.19. The minimum Gasteiger partial charge on any atom is -0.485 e. The van der Waals surface area contributed by atoms with Crippen LogP contribution in [0.3, 0.4) is 0 Å². The van der Waals surface area contributed by atoms with E-state index in [1.165, 1.54) is 6.26 Å². The van der Waals surface area contributed by atoms with E-state index in [2.05, 4.69) is 42.5 Å². The molecule has 0 radical (unpaired) electrons. The maximum Gasteiger partial charge on any atom is 0.173 e. The molecule has 2 unspecified atom stereocenters. The van der Waals surface area contributed by atoms with Crippen molar-refractivity contribution < 1.29 is 23.7 Å². The first-order valence-electron chi connectivity index (χ1n) is 13.3. The number of hydrogen-bond donors (Lipinski definition) is 0. The highest BCUT2D eigenvalue weighted by Crippen LogP contribution is 2.49. The molecule has 2 saturated heterocycles. The maximum atomic E-state index is 9.95. The zero-order valence-electron chi connectivity index (χ0n) is 22.8. The van der Waals surface area contributed by atoms with E-state index < -0.39 is 35.3 Å². The second-order valence-electron chi connectivity index (χ2n) is 10.5. The summed E-state index contributed by atoms with van der Waals surface area (Å²) in [6, 6.07) is 34.4. The number of fused-ring (bicyclic) bond motifs is 1. The van der Waals surface area contributed by atoms with E-state index in [1.807, 2.05) is 81.4 Å². The molecule has 2 aliphatic rings. The van der Waals surface area contributed by atoms with Crippen LogP contribution in [0.4, 0.5) is 0 Å². The molecule has 0 spiro atoms. The Kier molecular flexibility index (Phi) is 7.76. The van der Waals surface area contributed by atoms with Crippen LogP contribution in [0.15, 0.2) is 103 Å². The Morgan fingerprint density at radius 3 is 1.88 bits per heavy atom. The molecule has 0 aliphatic carbocycles. The molecule has 4 atom stereocenters. The van der Waals surface area contributed by atoms with E-state index in [9.17, 15) is 5.26 Å². The standard InChI is InChI=1S/C33H32N2O5/c1-31(2)39-30-28(38-29(32(30,3)40-31)24(21-35)22-36-20-19-34)23-37-33(25-13-7-4-8-14-25,26-15-9-5-10-16-26)27-17-11-6-12-18-27/h4-18,22,28-30H,20,23H2,1-3H3/t28?,29?,30-,32+/m1/s1. The zero-order chi connectivity index (χ0) is 28.2. The van der Waals surface area contributed by atoms with Gasteiger partial charge in [0.1, 0.15) is 47.9 Å². The molecule has 2 heterocycles. The van der Waals surface area contributed by atoms with Gasteiger partial charge in [-0.2, -0.15) is 10.5 Å². The summed E-state index contributed by atoms with van der Waals surface area (Å²) in [6.07, 6.45) is -0.604. The van der Waals surface area contributed by atoms with Gasteiger partial charge in [-0.1, -0.05) is 91.0 Å². The van der Waals surface area contributed by atoms with E-state index in [-0.39, 0.29) is 18.8 Å². The third kappa shape index (κ3) is 5.01. The maximum absolute atomic E-state index is 9.95. The van der Waals surface area contributed by atoms with Crippen molar-refractivity contribution >= 4 is 0 Å². The van der Waals surface area contributed by atoms with Crippen LogP contribution < -0.4 is 0 Å². The van der Waals surface area contributed by atoms with Crippen molar-refractivity contribution in [2.45, 2.75) is 56.1 Å². The molecule has 0 bridgehead atoms. The molecule has 0 amide bonds. The van der Waals surface area contributed by atoms with E-state index >= 15 is 0 Å². The Labute approximate surface area is 235 Å². The van der Waals surface area contributed by atoms with Gasteiger partial charge in [-0.05, 0) is 37.5 Å². The largest absolute Gasteiger partial charge is 0.485 e. The molecule has 2 aliphatic heterocycles. The van der Waals surface area contributed by atoms with Crippen molar-refractivity contribution in [2.24, 2.45) is 0 Å². The molecule has 3 aromatic carbocycles. The van der Waals surface area contributed by atoms with Gasteiger partial charge in [0.05, 0.1) is 12.2 Å². The number of rotatable bonds is 9. The highest BCUT2D eigenvalue weighted by molar-refractivity contribution is 5.47. The first-order chi connectivity index (χ1) is 19.3. The minimum atomic E-state index is -0.982. The van der Waals surface area contributed by atoms with Crippen LogP contribution >= 0.6 is 0 Å². The fraction of sp³-hybridized carbons (Fsp3) is 0.333. The zero-order valence-corrected chi connectivity index (χ0v) is 22.8. The van der Waals surface area contributed by atoms with Crippen LogP contribution in [0.5, 0.6) is 0 Å². The lowest BCUT2D eigenvalue weighted by Gasteiger charge is -2.37. The molecular formula is C33H32N2O5. The number of hydrogen-bond acceptors (Lipinski definition) is 7. The SMILES string of the molecule is CC1(C)O[C@@H]2C(COC(c3ccccc3)(c3ccccc3)c3ccccc3)OC(C(C#N)=COCC#N)[C@]2(C)O1. The normalized spacial score (nSPS) is 25.5. The first-order valence-corrected chi connectivity index (χ1v) is 13.3. The molecule has 3 aromatic rings. The molecule has 2 fully saturated rings. The van der Waals surface area contributed by atoms with E-state index in [0.717, 1.165) is 16.7 Å². The molecular weight excluding hydrogens is 504 g/mol. The quantitative estimate of drug-likeness (QED) is 0.152. The Bertz CT molecular complexity index is 1320. The van der Waals surface area contributed by atoms with E-state index in [0.29, 0.717) is 0 Å². The van der Waals surface area contributed by atoms with Crippen molar-refractivity contribution in [3.8, 4) is 12.1 Å². The van der Waals surface area contributed by atoms with Crippen LogP contribution in [0, 0.1) is 22.7 Å². The predicted octanol–water partition coefficient (Wildman–Crippen LogP) is 5.62. The number of nitriles is 2. The Morgan fingerprint density at radius 2 is 1.40 bits per heavy atom. The van der Waals surface area contributed by atoms with Crippen molar-refractivity contribution in [3.63, 3.8) is 0 Å². The van der Waals surface area contributed by atoms with Crippen LogP contribution in [-0.4, -0.2) is 42.9 Å². The lowest BCUT2D eigenvalue weighted by atomic mass is 9.80. The molecule has 7 heteroatoms. The van der Waals surface area contributed by atoms with Gasteiger partial charge >= 0.3 is 0 Å². The van der Waals surface area contributed by atoms with Gasteiger partial charge in [0.2, 0.25) is 0 Å². The molecule has 7 nitrogen and oxygen atoms in total. The summed E-state index contributed by atoms with van der Waals surface area (Å²) >= 11 is 0. The van der Waals surface area contributed by atoms with Gasteiger partial charge in [-0.3, -0.25) is 0 Å². The van der Waals surface area contributed by atoms with Crippen molar-refractivity contribution in [1.29, 1.82) is 10.5 Å². The fourth-order valence-corrected chi connectivity index (χ4v) is 5.86. The second-order valence-corrected chi connectivity index (χ2v) is 10.5. The van der Waals surface area contributed by atoms with E-state index in [4.69, 9.17) is 28.9 Å². The van der Waals surface area contributed by atoms with Gasteiger partial charge in [0.25, 0.3) is 0 Å². The third-order valence-corrected chi connectivity index (χ3v) is 7.39. The van der Waals surface area contributed by atoms with Gasteiger partial charge in [-0.25, -0.2) is 0 Å². The molecule has 0 saturated carbocycles. The lowest BCUT2D eigenvalue weighted by molar-refractivity contribution is -0.203. The molecule has 0 N–H and O–H groups in total. The topological polar surface area (TPSA) is 93.7 Å². The monoisotopic (exact) mass is 536 g/mol. The van der Waals surface area contributed by atoms with Gasteiger partial charge in [0, 0.05) is 0 Å². The van der Waals surface area contributed by atoms with Crippen LogP contribution in [-0.2, 0) is 29.3 Å². The average Bonchev–Trinajstić information content (AvgIpc) is 3.38. The average molecular weight is 537 g/mol. The highest BCUT2D eigenvalue weighted by atomic mass is 16.8. The van der Waals surface area contributed by atoms with Gasteiger partial charge in [0.15, 0.2) is 12.4 Å². The fourth-order valence-electron chi connectivity index (χ4n) is 5.86. The second kappa shape index (κ2) is 11.3. The predicted molar refractivity (Wildman–Crippen MR) is 148 cm³/mol. The minimum absolute atomic E-state index is 0.145. The highest BCUT2D eigenvalue weighted by Gasteiger charge is 2.64. The molecule has 40 heavy (non-hydrogen) atoms. The summed E-state index contributed by atoms with van der Waals surface area (Å²) in [5, 5.41) is 18.8. The Hall–Kier alpha value is -3.98. The number of benzene rings is 3. The molecule has 0 aromatic heterocycles. The summed E-state index contributed by atoms with van der Waals surface area (Å²) < 4.78 is 31.5.